The Labute approximate surface area is 130 Å². The highest BCUT2D eigenvalue weighted by atomic mass is 16.7. The van der Waals surface area contributed by atoms with Crippen LogP contribution in [0.15, 0.2) is 18.5 Å². The Kier molecular flexibility index (Phi) is 3.64. The summed E-state index contributed by atoms with van der Waals surface area (Å²) in [6.07, 6.45) is 1.28. The van der Waals surface area contributed by atoms with Gasteiger partial charge in [-0.1, -0.05) is 0 Å². The van der Waals surface area contributed by atoms with Crippen LogP contribution in [0.25, 0.3) is 0 Å². The summed E-state index contributed by atoms with van der Waals surface area (Å²) in [7, 11) is 0. The first-order valence-electron chi connectivity index (χ1n) is 6.61. The number of amides is 1. The molecule has 2 heterocycles. The number of nitriles is 1. The minimum absolute atomic E-state index is 0.0229. The summed E-state index contributed by atoms with van der Waals surface area (Å²) in [5, 5.41) is 15.1. The average Bonchev–Trinajstić information content (AvgIpc) is 3.14. The first-order valence-corrected chi connectivity index (χ1v) is 6.61. The number of ketones is 1. The Morgan fingerprint density at radius 1 is 1.39 bits per heavy atom. The fourth-order valence-corrected chi connectivity index (χ4v) is 2.10. The standard InChI is InChI=1S/C14H11N5O4/c1-8(20)9-2-11-12(23-7-22-11)3-10(9)17-14(21)5-19-6-16-13(4-15)18-19/h2-3,6H,5,7H2,1H3,(H,17,21). The van der Waals surface area contributed by atoms with Crippen LogP contribution in [0, 0.1) is 11.3 Å². The van der Waals surface area contributed by atoms with E-state index in [1.54, 1.807) is 12.1 Å². The second-order valence-electron chi connectivity index (χ2n) is 4.73. The summed E-state index contributed by atoms with van der Waals surface area (Å²) < 4.78 is 11.7. The second-order valence-corrected chi connectivity index (χ2v) is 4.73. The van der Waals surface area contributed by atoms with Crippen molar-refractivity contribution in [3.8, 4) is 17.6 Å². The summed E-state index contributed by atoms with van der Waals surface area (Å²) in [6.45, 7) is 1.32. The lowest BCUT2D eigenvalue weighted by atomic mass is 10.1. The third-order valence-corrected chi connectivity index (χ3v) is 3.11. The molecule has 1 aromatic carbocycles. The summed E-state index contributed by atoms with van der Waals surface area (Å²) >= 11 is 0. The maximum absolute atomic E-state index is 12.1. The summed E-state index contributed by atoms with van der Waals surface area (Å²) in [4.78, 5) is 27.5. The number of fused-ring (bicyclic) bond motifs is 1. The van der Waals surface area contributed by atoms with E-state index in [0.29, 0.717) is 22.7 Å². The van der Waals surface area contributed by atoms with Gasteiger partial charge in [-0.05, 0) is 13.0 Å². The fraction of sp³-hybridized carbons (Fsp3) is 0.214. The molecule has 0 fully saturated rings. The molecule has 0 atom stereocenters. The topological polar surface area (TPSA) is 119 Å². The number of benzene rings is 1. The van der Waals surface area contributed by atoms with Crippen LogP contribution in [0.2, 0.25) is 0 Å². The SMILES string of the molecule is CC(=O)c1cc2c(cc1NC(=O)Cn1cnc(C#N)n1)OCO2. The number of nitrogens with one attached hydrogen (secondary N) is 1. The van der Waals surface area contributed by atoms with Crippen LogP contribution in [0.5, 0.6) is 11.5 Å². The zero-order valence-electron chi connectivity index (χ0n) is 12.1. The van der Waals surface area contributed by atoms with Gasteiger partial charge in [-0.2, -0.15) is 5.26 Å². The summed E-state index contributed by atoms with van der Waals surface area (Å²) in [5.74, 6) is 0.262. The molecule has 0 spiro atoms. The number of carbonyl (C=O) groups is 2. The molecule has 9 nitrogen and oxygen atoms in total. The highest BCUT2D eigenvalue weighted by Gasteiger charge is 2.20. The Bertz CT molecular complexity index is 836. The quantitative estimate of drug-likeness (QED) is 0.826. The smallest absolute Gasteiger partial charge is 0.252 e. The molecular weight excluding hydrogens is 302 g/mol. The van der Waals surface area contributed by atoms with Crippen molar-refractivity contribution in [3.63, 3.8) is 0 Å². The number of ether oxygens (including phenoxy) is 2. The maximum atomic E-state index is 12.1. The van der Waals surface area contributed by atoms with Crippen molar-refractivity contribution in [3.05, 3.63) is 29.8 Å². The van der Waals surface area contributed by atoms with Crippen LogP contribution < -0.4 is 14.8 Å². The third-order valence-electron chi connectivity index (χ3n) is 3.11. The number of hydrogen-bond donors (Lipinski definition) is 1. The van der Waals surface area contributed by atoms with E-state index in [4.69, 9.17) is 14.7 Å². The lowest BCUT2D eigenvalue weighted by Gasteiger charge is -2.10. The number of hydrogen-bond acceptors (Lipinski definition) is 7. The summed E-state index contributed by atoms with van der Waals surface area (Å²) in [6, 6.07) is 4.84. The van der Waals surface area contributed by atoms with Crippen molar-refractivity contribution >= 4 is 17.4 Å². The van der Waals surface area contributed by atoms with Gasteiger partial charge in [-0.3, -0.25) is 9.59 Å². The van der Waals surface area contributed by atoms with E-state index < -0.39 is 5.91 Å². The van der Waals surface area contributed by atoms with E-state index in [1.165, 1.54) is 24.0 Å². The third kappa shape index (κ3) is 2.96. The molecular formula is C14H11N5O4. The van der Waals surface area contributed by atoms with Gasteiger partial charge >= 0.3 is 0 Å². The van der Waals surface area contributed by atoms with E-state index in [1.807, 2.05) is 0 Å². The van der Waals surface area contributed by atoms with Gasteiger partial charge in [0.05, 0.1) is 5.69 Å². The Morgan fingerprint density at radius 2 is 2.13 bits per heavy atom. The van der Waals surface area contributed by atoms with Gasteiger partial charge in [0, 0.05) is 11.6 Å². The molecule has 9 heteroatoms. The maximum Gasteiger partial charge on any atom is 0.252 e. The number of nitrogens with zero attached hydrogens (tertiary/aromatic N) is 4. The van der Waals surface area contributed by atoms with Gasteiger partial charge in [0.2, 0.25) is 12.7 Å². The average molecular weight is 313 g/mol. The van der Waals surface area contributed by atoms with Gasteiger partial charge in [0.15, 0.2) is 17.3 Å². The molecule has 1 aromatic heterocycles. The number of aromatic nitrogens is 3. The second kappa shape index (κ2) is 5.76. The number of carbonyl (C=O) groups excluding carboxylic acids is 2. The Balaban J connectivity index is 1.80. The van der Waals surface area contributed by atoms with Gasteiger partial charge in [0.1, 0.15) is 18.9 Å². The molecule has 3 rings (SSSR count). The van der Waals surface area contributed by atoms with E-state index in [2.05, 4.69) is 15.4 Å². The molecule has 0 aliphatic carbocycles. The minimum Gasteiger partial charge on any atom is -0.454 e. The predicted molar refractivity (Wildman–Crippen MR) is 75.9 cm³/mol. The monoisotopic (exact) mass is 313 g/mol. The van der Waals surface area contributed by atoms with E-state index >= 15 is 0 Å². The number of anilines is 1. The van der Waals surface area contributed by atoms with E-state index in [9.17, 15) is 9.59 Å². The van der Waals surface area contributed by atoms with Crippen LogP contribution in [0.3, 0.4) is 0 Å². The van der Waals surface area contributed by atoms with Crippen LogP contribution in [0.4, 0.5) is 5.69 Å². The fourth-order valence-electron chi connectivity index (χ4n) is 2.10. The molecule has 0 unspecified atom stereocenters. The Hall–Kier alpha value is -3.41. The largest absolute Gasteiger partial charge is 0.454 e. The summed E-state index contributed by atoms with van der Waals surface area (Å²) in [5.41, 5.74) is 0.645. The molecule has 1 N–H and O–H groups in total. The van der Waals surface area contributed by atoms with Crippen LogP contribution in [-0.2, 0) is 11.3 Å². The molecule has 23 heavy (non-hydrogen) atoms. The zero-order chi connectivity index (χ0) is 16.4. The van der Waals surface area contributed by atoms with Crippen LogP contribution in [-0.4, -0.2) is 33.2 Å². The predicted octanol–water partition coefficient (Wildman–Crippen LogP) is 0.720. The molecule has 1 aliphatic heterocycles. The van der Waals surface area contributed by atoms with Crippen molar-refractivity contribution in [2.75, 3.05) is 12.1 Å². The van der Waals surface area contributed by atoms with Gasteiger partial charge < -0.3 is 14.8 Å². The normalized spacial score (nSPS) is 11.8. The van der Waals surface area contributed by atoms with Gasteiger partial charge in [-0.25, -0.2) is 9.67 Å². The van der Waals surface area contributed by atoms with E-state index in [0.717, 1.165) is 0 Å². The first kappa shape index (κ1) is 14.5. The molecule has 0 bridgehead atoms. The van der Waals surface area contributed by atoms with Crippen molar-refractivity contribution in [1.29, 1.82) is 5.26 Å². The molecule has 0 saturated carbocycles. The van der Waals surface area contributed by atoms with E-state index in [-0.39, 0.29) is 24.9 Å². The van der Waals surface area contributed by atoms with Crippen molar-refractivity contribution in [2.45, 2.75) is 13.5 Å². The van der Waals surface area contributed by atoms with Crippen LogP contribution in [0.1, 0.15) is 23.1 Å². The molecule has 116 valence electrons. The molecule has 0 saturated heterocycles. The Morgan fingerprint density at radius 3 is 2.78 bits per heavy atom. The lowest BCUT2D eigenvalue weighted by molar-refractivity contribution is -0.116. The molecule has 2 aromatic rings. The highest BCUT2D eigenvalue weighted by molar-refractivity contribution is 6.04. The first-order chi connectivity index (χ1) is 11.1. The van der Waals surface area contributed by atoms with Crippen molar-refractivity contribution in [2.24, 2.45) is 0 Å². The number of Topliss-reactive ketones (excluding diaryl/α,β-unsaturated/α-hetero) is 1. The zero-order valence-corrected chi connectivity index (χ0v) is 12.1. The molecule has 0 radical (unpaired) electrons. The number of rotatable bonds is 4. The highest BCUT2D eigenvalue weighted by Crippen LogP contribution is 2.37. The van der Waals surface area contributed by atoms with Crippen molar-refractivity contribution in [1.82, 2.24) is 14.8 Å². The van der Waals surface area contributed by atoms with Crippen LogP contribution >= 0.6 is 0 Å². The van der Waals surface area contributed by atoms with Gasteiger partial charge in [0.25, 0.3) is 5.82 Å². The molecule has 1 aliphatic rings. The molecule has 1 amide bonds. The lowest BCUT2D eigenvalue weighted by Crippen LogP contribution is -2.20. The van der Waals surface area contributed by atoms with Gasteiger partial charge in [-0.15, -0.1) is 5.10 Å². The van der Waals surface area contributed by atoms with Crippen molar-refractivity contribution < 1.29 is 19.1 Å². The minimum atomic E-state index is -0.416.